The fraction of sp³-hybridized carbons (Fsp3) is 0.784. The summed E-state index contributed by atoms with van der Waals surface area (Å²) < 4.78 is 99.0. The maximum absolute atomic E-state index is 14.0. The van der Waals surface area contributed by atoms with Gasteiger partial charge in [-0.15, -0.1) is 0 Å². The Morgan fingerprint density at radius 2 is 0.554 bits per heavy atom. The van der Waals surface area contributed by atoms with Crippen molar-refractivity contribution in [2.45, 2.75) is 0 Å². The van der Waals surface area contributed by atoms with E-state index in [9.17, 15) is 4.79 Å². The zero-order valence-corrected chi connectivity index (χ0v) is 43.5. The van der Waals surface area contributed by atoms with E-state index in [-0.39, 0.29) is 185 Å². The second-order valence-corrected chi connectivity index (χ2v) is 16.6. The summed E-state index contributed by atoms with van der Waals surface area (Å²) in [6.45, 7) is 6.18. The van der Waals surface area contributed by atoms with Crippen LogP contribution in [-0.2, 0) is 80.5 Å². The Labute approximate surface area is 436 Å². The minimum absolute atomic E-state index is 0.0185. The molecule has 74 heavy (non-hydrogen) atoms. The van der Waals surface area contributed by atoms with Crippen molar-refractivity contribution in [1.82, 2.24) is 0 Å². The number of aliphatic hydroxyl groups excluding tert-OH is 5. The van der Waals surface area contributed by atoms with E-state index in [4.69, 9.17) is 106 Å². The van der Waals surface area contributed by atoms with Gasteiger partial charge < -0.3 is 106 Å². The third-order valence-corrected chi connectivity index (χ3v) is 10.3. The van der Waals surface area contributed by atoms with Crippen LogP contribution in [0.1, 0.15) is 10.4 Å². The Morgan fingerprint density at radius 3 is 0.878 bits per heavy atom. The van der Waals surface area contributed by atoms with Gasteiger partial charge in [-0.3, -0.25) is 0 Å². The van der Waals surface area contributed by atoms with E-state index >= 15 is 0 Å². The van der Waals surface area contributed by atoms with Gasteiger partial charge in [-0.05, 0) is 16.8 Å². The summed E-state index contributed by atoms with van der Waals surface area (Å²) in [7, 11) is 0. The number of hydrogen-bond acceptors (Lipinski definition) is 23. The van der Waals surface area contributed by atoms with Crippen molar-refractivity contribution in [3.8, 4) is 0 Å². The van der Waals surface area contributed by atoms with E-state index < -0.39 is 16.8 Å². The molecule has 0 saturated heterocycles. The molecule has 2 aromatic carbocycles. The van der Waals surface area contributed by atoms with Crippen LogP contribution in [0.25, 0.3) is 10.8 Å². The normalized spacial score (nSPS) is 12.1. The predicted molar refractivity (Wildman–Crippen MR) is 268 cm³/mol. The summed E-state index contributed by atoms with van der Waals surface area (Å²) >= 11 is 0. The van der Waals surface area contributed by atoms with Crippen LogP contribution in [0.4, 0.5) is 0 Å². The van der Waals surface area contributed by atoms with Crippen LogP contribution in [0.15, 0.2) is 42.5 Å². The van der Waals surface area contributed by atoms with Gasteiger partial charge >= 0.3 is 5.97 Å². The fourth-order valence-corrected chi connectivity index (χ4v) is 6.65. The Hall–Kier alpha value is -2.67. The predicted octanol–water partition coefficient (Wildman–Crippen LogP) is 0.197. The number of aliphatic hydroxyl groups is 5. The van der Waals surface area contributed by atoms with Crippen molar-refractivity contribution in [3.63, 3.8) is 0 Å². The number of hydrogen-bond donors (Lipinski definition) is 5. The number of fused-ring (bicyclic) bond motifs is 1. The second-order valence-electron chi connectivity index (χ2n) is 16.6. The van der Waals surface area contributed by atoms with Gasteiger partial charge in [0.25, 0.3) is 0 Å². The van der Waals surface area contributed by atoms with Gasteiger partial charge in [-0.1, -0.05) is 36.4 Å². The van der Waals surface area contributed by atoms with E-state index in [1.807, 2.05) is 30.3 Å². The Bertz CT molecular complexity index is 1460. The molecule has 0 fully saturated rings. The van der Waals surface area contributed by atoms with Gasteiger partial charge in [-0.25, -0.2) is 4.79 Å². The number of carbonyl (C=O) groups excluding carboxylic acids is 1. The van der Waals surface area contributed by atoms with Crippen LogP contribution in [0.2, 0.25) is 0 Å². The molecule has 0 heterocycles. The van der Waals surface area contributed by atoms with Gasteiger partial charge in [0, 0.05) is 0 Å². The molecule has 0 unspecified atom stereocenters. The third-order valence-electron chi connectivity index (χ3n) is 10.3. The highest BCUT2D eigenvalue weighted by Gasteiger charge is 2.38. The minimum Gasteiger partial charge on any atom is -0.461 e. The number of esters is 1. The minimum atomic E-state index is -1.09. The molecule has 0 aromatic heterocycles. The Kier molecular flexibility index (Phi) is 44.4. The average Bonchev–Trinajstić information content (AvgIpc) is 3.42. The zero-order valence-electron chi connectivity index (χ0n) is 43.5. The highest BCUT2D eigenvalue weighted by atomic mass is 16.6. The van der Waals surface area contributed by atoms with Gasteiger partial charge in [0.05, 0.1) is 261 Å². The Morgan fingerprint density at radius 1 is 0.297 bits per heavy atom. The molecule has 0 spiro atoms. The largest absolute Gasteiger partial charge is 0.461 e. The monoisotopic (exact) mass is 1070 g/mol. The summed E-state index contributed by atoms with van der Waals surface area (Å²) in [5, 5.41) is 46.7. The second kappa shape index (κ2) is 48.7. The van der Waals surface area contributed by atoms with E-state index in [0.29, 0.717) is 71.6 Å². The molecule has 0 radical (unpaired) electrons. The Balaban J connectivity index is 2.40. The maximum atomic E-state index is 14.0. The first-order valence-electron chi connectivity index (χ1n) is 25.4. The van der Waals surface area contributed by atoms with Gasteiger partial charge in [0.1, 0.15) is 6.61 Å². The number of rotatable bonds is 57. The van der Waals surface area contributed by atoms with Crippen molar-refractivity contribution < 1.29 is 111 Å². The molecule has 0 saturated carbocycles. The molecule has 23 nitrogen and oxygen atoms in total. The lowest BCUT2D eigenvalue weighted by Crippen LogP contribution is -2.46. The first-order valence-corrected chi connectivity index (χ1v) is 25.4. The molecule has 23 heteroatoms. The fourth-order valence-electron chi connectivity index (χ4n) is 6.65. The molecule has 0 aliphatic heterocycles. The SMILES string of the molecule is O=C(OCC(COCCOCCOCCO)(COCCOCCOCCO)COCC(COCCOCCOCCO)(COCCOCCOCCO)COCCOCCOCCO)c1cccc2ccccc12. The lowest BCUT2D eigenvalue weighted by Gasteiger charge is -2.36. The molecule has 0 bridgehead atoms. The third kappa shape index (κ3) is 34.9. The lowest BCUT2D eigenvalue weighted by molar-refractivity contribution is -0.146. The van der Waals surface area contributed by atoms with E-state index in [1.165, 1.54) is 0 Å². The van der Waals surface area contributed by atoms with Crippen molar-refractivity contribution in [2.24, 2.45) is 10.8 Å². The van der Waals surface area contributed by atoms with Crippen molar-refractivity contribution in [2.75, 3.05) is 251 Å². The van der Waals surface area contributed by atoms with Crippen LogP contribution in [0, 0.1) is 10.8 Å². The molecular formula is C51H88O23. The van der Waals surface area contributed by atoms with Crippen molar-refractivity contribution in [3.05, 3.63) is 48.0 Å². The van der Waals surface area contributed by atoms with Crippen LogP contribution < -0.4 is 0 Å². The zero-order chi connectivity index (χ0) is 53.2. The standard InChI is InChI=1S/C51H88O23/c52-8-13-58-18-23-63-28-33-68-38-50(39-69-34-29-64-24-19-59-14-9-53,40-70-35-30-65-25-20-60-15-10-54)43-73-44-51(41-71-36-31-66-26-21-61-16-11-55,42-72-37-32-67-27-22-62-17-12-56)45-74-49(57)48-7-3-5-46-4-1-2-6-47(46)48/h1-7,52-56H,8-45H2. The summed E-state index contributed by atoms with van der Waals surface area (Å²) in [6, 6.07) is 13.0. The average molecular weight is 1070 g/mol. The summed E-state index contributed by atoms with van der Waals surface area (Å²) in [6.07, 6.45) is 0. The van der Waals surface area contributed by atoms with Crippen LogP contribution >= 0.6 is 0 Å². The number of carbonyl (C=O) groups is 1. The van der Waals surface area contributed by atoms with Crippen molar-refractivity contribution >= 4 is 16.7 Å². The number of benzene rings is 2. The van der Waals surface area contributed by atoms with Crippen LogP contribution in [0.5, 0.6) is 0 Å². The molecule has 0 atom stereocenters. The molecule has 0 amide bonds. The molecule has 2 rings (SSSR count). The summed E-state index contributed by atoms with van der Waals surface area (Å²) in [5.41, 5.74) is -1.62. The molecular weight excluding hydrogens is 981 g/mol. The first kappa shape index (κ1) is 67.4. The molecule has 0 aliphatic carbocycles. The first-order chi connectivity index (χ1) is 36.5. The summed E-state index contributed by atoms with van der Waals surface area (Å²) in [5.74, 6) is -0.542. The molecule has 5 N–H and O–H groups in total. The van der Waals surface area contributed by atoms with E-state index in [2.05, 4.69) is 0 Å². The van der Waals surface area contributed by atoms with Crippen LogP contribution in [-0.4, -0.2) is 283 Å². The smallest absolute Gasteiger partial charge is 0.338 e. The van der Waals surface area contributed by atoms with Gasteiger partial charge in [-0.2, -0.15) is 0 Å². The van der Waals surface area contributed by atoms with Crippen molar-refractivity contribution in [1.29, 1.82) is 0 Å². The maximum Gasteiger partial charge on any atom is 0.338 e. The van der Waals surface area contributed by atoms with Crippen LogP contribution in [0.3, 0.4) is 0 Å². The quantitative estimate of drug-likeness (QED) is 0.0437. The van der Waals surface area contributed by atoms with Gasteiger partial charge in [0.15, 0.2) is 0 Å². The highest BCUT2D eigenvalue weighted by molar-refractivity contribution is 6.04. The molecule has 2 aromatic rings. The van der Waals surface area contributed by atoms with E-state index in [1.54, 1.807) is 12.1 Å². The number of ether oxygens (including phenoxy) is 17. The summed E-state index contributed by atoms with van der Waals surface area (Å²) in [4.78, 5) is 14.0. The lowest BCUT2D eigenvalue weighted by atomic mass is 9.90. The molecule has 430 valence electrons. The van der Waals surface area contributed by atoms with Gasteiger partial charge in [0.2, 0.25) is 0 Å². The topological polar surface area (TPSA) is 275 Å². The molecule has 0 aliphatic rings. The highest BCUT2D eigenvalue weighted by Crippen LogP contribution is 2.27. The van der Waals surface area contributed by atoms with E-state index in [0.717, 1.165) is 10.8 Å².